The minimum absolute atomic E-state index is 0.243. The van der Waals surface area contributed by atoms with Crippen LogP contribution in [0.2, 0.25) is 0 Å². The first-order valence-electron chi connectivity index (χ1n) is 5.64. The van der Waals surface area contributed by atoms with E-state index in [0.717, 1.165) is 5.56 Å². The van der Waals surface area contributed by atoms with Crippen LogP contribution in [0.1, 0.15) is 15.4 Å². The van der Waals surface area contributed by atoms with Gasteiger partial charge in [0, 0.05) is 18.0 Å². The first kappa shape index (κ1) is 13.2. The zero-order chi connectivity index (χ0) is 13.7. The van der Waals surface area contributed by atoms with Gasteiger partial charge in [-0.15, -0.1) is 11.3 Å². The number of carboxylic acid groups (broad SMARTS) is 1. The zero-order valence-electron chi connectivity index (χ0n) is 9.95. The average molecular weight is 276 g/mol. The summed E-state index contributed by atoms with van der Waals surface area (Å²) in [5.74, 6) is -1.52. The third-order valence-corrected chi connectivity index (χ3v) is 3.28. The van der Waals surface area contributed by atoms with Gasteiger partial charge in [-0.05, 0) is 5.56 Å². The molecule has 1 unspecified atom stereocenters. The molecule has 0 saturated heterocycles. The summed E-state index contributed by atoms with van der Waals surface area (Å²) in [4.78, 5) is 26.8. The van der Waals surface area contributed by atoms with Gasteiger partial charge in [0.15, 0.2) is 5.01 Å². The zero-order valence-corrected chi connectivity index (χ0v) is 10.8. The van der Waals surface area contributed by atoms with Crippen LogP contribution < -0.4 is 5.32 Å². The van der Waals surface area contributed by atoms with Crippen LogP contribution in [0.5, 0.6) is 0 Å². The van der Waals surface area contributed by atoms with Crippen LogP contribution in [0.15, 0.2) is 41.9 Å². The SMILES string of the molecule is O=C(NC(Cc1ccccc1)C(=O)O)c1nccs1. The second-order valence-electron chi connectivity index (χ2n) is 3.89. The van der Waals surface area contributed by atoms with E-state index in [0.29, 0.717) is 0 Å². The van der Waals surface area contributed by atoms with Crippen molar-refractivity contribution in [3.8, 4) is 0 Å². The summed E-state index contributed by atoms with van der Waals surface area (Å²) in [7, 11) is 0. The molecule has 1 aromatic carbocycles. The molecule has 0 radical (unpaired) electrons. The molecule has 5 nitrogen and oxygen atoms in total. The maximum absolute atomic E-state index is 11.8. The molecular formula is C13H12N2O3S. The van der Waals surface area contributed by atoms with Crippen LogP contribution in [-0.4, -0.2) is 28.0 Å². The number of rotatable bonds is 5. The molecule has 1 amide bonds. The van der Waals surface area contributed by atoms with E-state index in [1.54, 1.807) is 5.38 Å². The third kappa shape index (κ3) is 3.62. The number of hydrogen-bond donors (Lipinski definition) is 2. The molecule has 0 fully saturated rings. The number of thiazole rings is 1. The van der Waals surface area contributed by atoms with Crippen molar-refractivity contribution in [2.24, 2.45) is 0 Å². The molecule has 2 rings (SSSR count). The molecule has 98 valence electrons. The van der Waals surface area contributed by atoms with Crippen molar-refractivity contribution in [1.82, 2.24) is 10.3 Å². The molecule has 0 aliphatic carbocycles. The minimum atomic E-state index is -1.06. The maximum Gasteiger partial charge on any atom is 0.326 e. The lowest BCUT2D eigenvalue weighted by Crippen LogP contribution is -2.42. The summed E-state index contributed by atoms with van der Waals surface area (Å²) in [5.41, 5.74) is 0.856. The predicted octanol–water partition coefficient (Wildman–Crippen LogP) is 1.57. The summed E-state index contributed by atoms with van der Waals surface area (Å²) < 4.78 is 0. The lowest BCUT2D eigenvalue weighted by molar-refractivity contribution is -0.139. The van der Waals surface area contributed by atoms with E-state index >= 15 is 0 Å². The van der Waals surface area contributed by atoms with Gasteiger partial charge in [-0.25, -0.2) is 9.78 Å². The Morgan fingerprint density at radius 3 is 2.63 bits per heavy atom. The second-order valence-corrected chi connectivity index (χ2v) is 4.79. The lowest BCUT2D eigenvalue weighted by Gasteiger charge is -2.13. The number of benzene rings is 1. The van der Waals surface area contributed by atoms with Crippen LogP contribution in [0.3, 0.4) is 0 Å². The third-order valence-electron chi connectivity index (χ3n) is 2.51. The van der Waals surface area contributed by atoms with E-state index in [9.17, 15) is 9.59 Å². The molecule has 2 aromatic rings. The van der Waals surface area contributed by atoms with E-state index in [4.69, 9.17) is 5.11 Å². The van der Waals surface area contributed by atoms with Gasteiger partial charge in [0.2, 0.25) is 0 Å². The summed E-state index contributed by atoms with van der Waals surface area (Å²) in [5, 5.41) is 13.6. The molecule has 1 heterocycles. The first-order chi connectivity index (χ1) is 9.16. The Hall–Kier alpha value is -2.21. The molecule has 0 aliphatic rings. The number of aromatic nitrogens is 1. The van der Waals surface area contributed by atoms with Crippen LogP contribution in [0, 0.1) is 0 Å². The highest BCUT2D eigenvalue weighted by Gasteiger charge is 2.21. The highest BCUT2D eigenvalue weighted by atomic mass is 32.1. The van der Waals surface area contributed by atoms with Gasteiger partial charge in [-0.2, -0.15) is 0 Å². The van der Waals surface area contributed by atoms with Crippen molar-refractivity contribution < 1.29 is 14.7 Å². The smallest absolute Gasteiger partial charge is 0.326 e. The van der Waals surface area contributed by atoms with E-state index in [1.807, 2.05) is 30.3 Å². The van der Waals surface area contributed by atoms with Crippen molar-refractivity contribution in [1.29, 1.82) is 0 Å². The normalized spacial score (nSPS) is 11.8. The van der Waals surface area contributed by atoms with Crippen LogP contribution in [0.25, 0.3) is 0 Å². The van der Waals surface area contributed by atoms with Gasteiger partial charge in [0.1, 0.15) is 6.04 Å². The first-order valence-corrected chi connectivity index (χ1v) is 6.52. The van der Waals surface area contributed by atoms with Crippen molar-refractivity contribution in [3.05, 3.63) is 52.5 Å². The Morgan fingerprint density at radius 2 is 2.05 bits per heavy atom. The lowest BCUT2D eigenvalue weighted by atomic mass is 10.1. The Bertz CT molecular complexity index is 555. The van der Waals surface area contributed by atoms with Gasteiger partial charge in [-0.1, -0.05) is 30.3 Å². The number of carboxylic acids is 1. The summed E-state index contributed by atoms with van der Waals surface area (Å²) in [6.45, 7) is 0. The summed E-state index contributed by atoms with van der Waals surface area (Å²) in [6.07, 6.45) is 1.75. The molecule has 6 heteroatoms. The largest absolute Gasteiger partial charge is 0.480 e. The molecular weight excluding hydrogens is 264 g/mol. The molecule has 0 saturated carbocycles. The maximum atomic E-state index is 11.8. The summed E-state index contributed by atoms with van der Waals surface area (Å²) >= 11 is 1.17. The van der Waals surface area contributed by atoms with E-state index in [2.05, 4.69) is 10.3 Å². The molecule has 0 bridgehead atoms. The van der Waals surface area contributed by atoms with Gasteiger partial charge < -0.3 is 10.4 Å². The standard InChI is InChI=1S/C13H12N2O3S/c16-11(12-14-6-7-19-12)15-10(13(17)18)8-9-4-2-1-3-5-9/h1-7,10H,8H2,(H,15,16)(H,17,18). The average Bonchev–Trinajstić information content (AvgIpc) is 2.93. The predicted molar refractivity (Wildman–Crippen MR) is 71.2 cm³/mol. The summed E-state index contributed by atoms with van der Waals surface area (Å²) in [6, 6.07) is 8.21. The molecule has 2 N–H and O–H groups in total. The Morgan fingerprint density at radius 1 is 1.32 bits per heavy atom. The second kappa shape index (κ2) is 6.10. The van der Waals surface area contributed by atoms with E-state index in [1.165, 1.54) is 17.5 Å². The van der Waals surface area contributed by atoms with Gasteiger partial charge in [0.25, 0.3) is 5.91 Å². The van der Waals surface area contributed by atoms with Gasteiger partial charge in [-0.3, -0.25) is 4.79 Å². The van der Waals surface area contributed by atoms with Gasteiger partial charge >= 0.3 is 5.97 Å². The fraction of sp³-hybridized carbons (Fsp3) is 0.154. The van der Waals surface area contributed by atoms with Crippen molar-refractivity contribution >= 4 is 23.2 Å². The number of aliphatic carboxylic acids is 1. The topological polar surface area (TPSA) is 79.3 Å². The van der Waals surface area contributed by atoms with Crippen molar-refractivity contribution in [2.75, 3.05) is 0 Å². The highest BCUT2D eigenvalue weighted by molar-refractivity contribution is 7.11. The highest BCUT2D eigenvalue weighted by Crippen LogP contribution is 2.07. The Labute approximate surface area is 113 Å². The molecule has 0 aliphatic heterocycles. The molecule has 1 atom stereocenters. The Balaban J connectivity index is 2.05. The van der Waals surface area contributed by atoms with Crippen molar-refractivity contribution in [2.45, 2.75) is 12.5 Å². The Kier molecular flexibility index (Phi) is 4.25. The van der Waals surface area contributed by atoms with E-state index in [-0.39, 0.29) is 11.4 Å². The number of carbonyl (C=O) groups is 2. The van der Waals surface area contributed by atoms with Crippen molar-refractivity contribution in [3.63, 3.8) is 0 Å². The number of amides is 1. The van der Waals surface area contributed by atoms with Crippen LogP contribution in [0.4, 0.5) is 0 Å². The number of hydrogen-bond acceptors (Lipinski definition) is 4. The monoisotopic (exact) mass is 276 g/mol. The van der Waals surface area contributed by atoms with Crippen LogP contribution >= 0.6 is 11.3 Å². The quantitative estimate of drug-likeness (QED) is 0.868. The van der Waals surface area contributed by atoms with E-state index < -0.39 is 17.9 Å². The number of carbonyl (C=O) groups excluding carboxylic acids is 1. The fourth-order valence-corrected chi connectivity index (χ4v) is 2.14. The molecule has 0 spiro atoms. The molecule has 1 aromatic heterocycles. The minimum Gasteiger partial charge on any atom is -0.480 e. The molecule has 19 heavy (non-hydrogen) atoms. The van der Waals surface area contributed by atoms with Crippen LogP contribution in [-0.2, 0) is 11.2 Å². The fourth-order valence-electron chi connectivity index (χ4n) is 1.61. The number of nitrogens with one attached hydrogen (secondary N) is 1. The number of nitrogens with zero attached hydrogens (tertiary/aromatic N) is 1. The van der Waals surface area contributed by atoms with Gasteiger partial charge in [0.05, 0.1) is 0 Å².